The van der Waals surface area contributed by atoms with Crippen LogP contribution in [0.3, 0.4) is 0 Å². The molecule has 2 N–H and O–H groups in total. The summed E-state index contributed by atoms with van der Waals surface area (Å²) in [5, 5.41) is 8.61. The van der Waals surface area contributed by atoms with Gasteiger partial charge in [-0.05, 0) is 23.8 Å². The number of carbonyl (C=O) groups excluding carboxylic acids is 1. The van der Waals surface area contributed by atoms with Gasteiger partial charge in [0, 0.05) is 6.54 Å². The van der Waals surface area contributed by atoms with Crippen LogP contribution in [0.1, 0.15) is 12.0 Å². The molecule has 1 aliphatic heterocycles. The quantitative estimate of drug-likeness (QED) is 0.369. The summed E-state index contributed by atoms with van der Waals surface area (Å²) in [4.78, 5) is 24.3. The molecule has 1 fully saturated rings. The van der Waals surface area contributed by atoms with E-state index in [0.717, 1.165) is 16.7 Å². The molecule has 0 aliphatic carbocycles. The molecule has 1 aliphatic rings. The number of carboxylic acids is 1. The first-order chi connectivity index (χ1) is 12.2. The van der Waals surface area contributed by atoms with E-state index in [-0.39, 0.29) is 23.9 Å². The van der Waals surface area contributed by atoms with Gasteiger partial charge in [-0.3, -0.25) is 19.0 Å². The summed E-state index contributed by atoms with van der Waals surface area (Å²) < 4.78 is 36.0. The molecule has 8 nitrogen and oxygen atoms in total. The van der Waals surface area contributed by atoms with Crippen molar-refractivity contribution in [3.05, 3.63) is 34.7 Å². The molecule has 11 heteroatoms. The van der Waals surface area contributed by atoms with Crippen LogP contribution in [0.5, 0.6) is 5.75 Å². The number of nitrogens with zero attached hydrogens (tertiary/aromatic N) is 1. The summed E-state index contributed by atoms with van der Waals surface area (Å²) in [6, 6.07) is 6.74. The van der Waals surface area contributed by atoms with Crippen LogP contribution in [-0.2, 0) is 19.7 Å². The Morgan fingerprint density at radius 1 is 1.38 bits per heavy atom. The minimum Gasteiger partial charge on any atom is -0.493 e. The Bertz CT molecular complexity index is 864. The molecular formula is C15H15NO7S3. The van der Waals surface area contributed by atoms with E-state index in [1.165, 1.54) is 0 Å². The van der Waals surface area contributed by atoms with Crippen molar-refractivity contribution in [1.82, 2.24) is 4.90 Å². The van der Waals surface area contributed by atoms with Crippen LogP contribution in [0.4, 0.5) is 0 Å². The first kappa shape index (κ1) is 20.4. The number of hydrogen-bond acceptors (Lipinski definition) is 7. The zero-order valence-corrected chi connectivity index (χ0v) is 15.8. The van der Waals surface area contributed by atoms with Crippen LogP contribution < -0.4 is 4.74 Å². The van der Waals surface area contributed by atoms with Crippen LogP contribution in [-0.4, -0.2) is 58.1 Å². The van der Waals surface area contributed by atoms with Crippen molar-refractivity contribution in [1.29, 1.82) is 0 Å². The van der Waals surface area contributed by atoms with Gasteiger partial charge in [-0.15, -0.1) is 0 Å². The van der Waals surface area contributed by atoms with Gasteiger partial charge in [0.05, 0.1) is 23.7 Å². The van der Waals surface area contributed by atoms with E-state index in [2.05, 4.69) is 0 Å². The fourth-order valence-electron chi connectivity index (χ4n) is 2.00. The number of benzene rings is 1. The third-order valence-corrected chi connectivity index (χ3v) is 5.26. The lowest BCUT2D eigenvalue weighted by molar-refractivity contribution is -0.137. The lowest BCUT2D eigenvalue weighted by Crippen LogP contribution is -2.32. The van der Waals surface area contributed by atoms with Gasteiger partial charge in [-0.25, -0.2) is 0 Å². The van der Waals surface area contributed by atoms with E-state index in [1.807, 2.05) is 0 Å². The molecule has 0 bridgehead atoms. The van der Waals surface area contributed by atoms with Crippen LogP contribution in [0.25, 0.3) is 6.08 Å². The molecule has 140 valence electrons. The van der Waals surface area contributed by atoms with E-state index >= 15 is 0 Å². The van der Waals surface area contributed by atoms with Crippen LogP contribution in [0.2, 0.25) is 0 Å². The summed E-state index contributed by atoms with van der Waals surface area (Å²) in [6.45, 7) is -0.199. The molecule has 0 aromatic heterocycles. The van der Waals surface area contributed by atoms with Crippen molar-refractivity contribution in [3.8, 4) is 5.75 Å². The monoisotopic (exact) mass is 417 g/mol. The van der Waals surface area contributed by atoms with E-state index in [9.17, 15) is 18.0 Å². The van der Waals surface area contributed by atoms with Crippen molar-refractivity contribution in [2.24, 2.45) is 0 Å². The fourth-order valence-corrected chi connectivity index (χ4v) is 3.72. The van der Waals surface area contributed by atoms with Crippen molar-refractivity contribution >= 4 is 56.4 Å². The molecule has 26 heavy (non-hydrogen) atoms. The normalized spacial score (nSPS) is 16.3. The number of thiocarbonyl (C=S) groups is 1. The summed E-state index contributed by atoms with van der Waals surface area (Å²) in [5.41, 5.74) is 0.646. The second-order valence-electron chi connectivity index (χ2n) is 5.18. The maximum absolute atomic E-state index is 12.3. The van der Waals surface area contributed by atoms with Gasteiger partial charge in [0.25, 0.3) is 16.0 Å². The average molecular weight is 417 g/mol. The van der Waals surface area contributed by atoms with E-state index in [4.69, 9.17) is 26.6 Å². The molecule has 0 spiro atoms. The second kappa shape index (κ2) is 8.62. The Kier molecular flexibility index (Phi) is 6.75. The average Bonchev–Trinajstić information content (AvgIpc) is 2.78. The number of carboxylic acid groups (broad SMARTS) is 1. The zero-order chi connectivity index (χ0) is 19.3. The molecule has 1 heterocycles. The topological polar surface area (TPSA) is 121 Å². The molecule has 1 amide bonds. The third kappa shape index (κ3) is 6.09. The van der Waals surface area contributed by atoms with Gasteiger partial charge < -0.3 is 9.84 Å². The maximum atomic E-state index is 12.3. The first-order valence-electron chi connectivity index (χ1n) is 7.31. The van der Waals surface area contributed by atoms with Gasteiger partial charge in [-0.1, -0.05) is 36.1 Å². The minimum atomic E-state index is -4.20. The van der Waals surface area contributed by atoms with Gasteiger partial charge in [-0.2, -0.15) is 8.42 Å². The second-order valence-corrected chi connectivity index (χ2v) is 8.43. The molecule has 0 radical (unpaired) electrons. The lowest BCUT2D eigenvalue weighted by Gasteiger charge is -2.12. The summed E-state index contributed by atoms with van der Waals surface area (Å²) in [6.07, 6.45) is 1.45. The largest absolute Gasteiger partial charge is 0.493 e. The highest BCUT2D eigenvalue weighted by Crippen LogP contribution is 2.32. The predicted molar refractivity (Wildman–Crippen MR) is 100 cm³/mol. The Labute approximate surface area is 159 Å². The number of carbonyl (C=O) groups is 2. The number of aliphatic carboxylic acids is 1. The van der Waals surface area contributed by atoms with Crippen molar-refractivity contribution in [3.63, 3.8) is 0 Å². The highest BCUT2D eigenvalue weighted by molar-refractivity contribution is 8.26. The Morgan fingerprint density at radius 2 is 2.12 bits per heavy atom. The fraction of sp³-hybridized carbons (Fsp3) is 0.267. The minimum absolute atomic E-state index is 0.0243. The molecule has 1 saturated heterocycles. The lowest BCUT2D eigenvalue weighted by atomic mass is 10.2. The highest BCUT2D eigenvalue weighted by Gasteiger charge is 2.32. The zero-order valence-electron chi connectivity index (χ0n) is 13.3. The van der Waals surface area contributed by atoms with Crippen molar-refractivity contribution in [2.75, 3.05) is 18.9 Å². The van der Waals surface area contributed by atoms with Gasteiger partial charge in [0.2, 0.25) is 0 Å². The third-order valence-electron chi connectivity index (χ3n) is 3.19. The van der Waals surface area contributed by atoms with Crippen molar-refractivity contribution in [2.45, 2.75) is 6.42 Å². The number of ether oxygens (including phenoxy) is 1. The summed E-state index contributed by atoms with van der Waals surface area (Å²) in [5.74, 6) is -1.54. The first-order valence-corrected chi connectivity index (χ1v) is 10.1. The standard InChI is InChI=1S/C15H15NO7S3/c17-13(18)4-6-23-11-3-1-2-10(8-11)9-12-14(19)16(15(24)25-12)5-7-26(20,21)22/h1-3,8-9H,4-7H2,(H,17,18)(H,20,21,22)/b12-9-. The number of rotatable bonds is 8. The van der Waals surface area contributed by atoms with Gasteiger partial charge in [0.15, 0.2) is 0 Å². The summed E-state index contributed by atoms with van der Waals surface area (Å²) in [7, 11) is -4.20. The molecule has 2 rings (SSSR count). The molecular weight excluding hydrogens is 402 g/mol. The van der Waals surface area contributed by atoms with Gasteiger partial charge >= 0.3 is 5.97 Å². The molecule has 0 unspecified atom stereocenters. The summed E-state index contributed by atoms with van der Waals surface area (Å²) >= 11 is 6.11. The Morgan fingerprint density at radius 3 is 2.77 bits per heavy atom. The number of amides is 1. The maximum Gasteiger partial charge on any atom is 0.306 e. The van der Waals surface area contributed by atoms with E-state index in [1.54, 1.807) is 30.3 Å². The number of hydrogen-bond donors (Lipinski definition) is 2. The van der Waals surface area contributed by atoms with Crippen LogP contribution in [0.15, 0.2) is 29.2 Å². The smallest absolute Gasteiger partial charge is 0.306 e. The van der Waals surface area contributed by atoms with Gasteiger partial charge in [0.1, 0.15) is 10.1 Å². The van der Waals surface area contributed by atoms with E-state index < -0.39 is 27.7 Å². The SMILES string of the molecule is O=C(O)CCOc1cccc(/C=C2\SC(=S)N(CCS(=O)(=O)O)C2=O)c1. The van der Waals surface area contributed by atoms with Crippen LogP contribution >= 0.6 is 24.0 Å². The highest BCUT2D eigenvalue weighted by atomic mass is 32.2. The molecule has 1 aromatic carbocycles. The van der Waals surface area contributed by atoms with E-state index in [0.29, 0.717) is 16.2 Å². The van der Waals surface area contributed by atoms with Crippen LogP contribution in [0, 0.1) is 0 Å². The predicted octanol–water partition coefficient (Wildman–Crippen LogP) is 1.63. The van der Waals surface area contributed by atoms with Crippen molar-refractivity contribution < 1.29 is 32.4 Å². The number of thioether (sulfide) groups is 1. The Balaban J connectivity index is 2.08. The molecule has 0 saturated carbocycles. The molecule has 0 atom stereocenters. The Hall–Kier alpha value is -1.95. The molecule has 1 aromatic rings.